The van der Waals surface area contributed by atoms with Crippen molar-refractivity contribution in [1.29, 1.82) is 0 Å². The number of nitrogens with zero attached hydrogens (tertiary/aromatic N) is 3. The normalized spacial score (nSPS) is 16.9. The van der Waals surface area contributed by atoms with E-state index in [1.54, 1.807) is 0 Å². The molecule has 0 atom stereocenters. The first-order valence-corrected chi connectivity index (χ1v) is 3.26. The Kier molecular flexibility index (Phi) is 2.40. The minimum atomic E-state index is 0.562. The highest BCUT2D eigenvalue weighted by molar-refractivity contribution is 4.81. The Balaban J connectivity index is 1.86. The summed E-state index contributed by atoms with van der Waals surface area (Å²) in [7, 11) is 0. The van der Waals surface area contributed by atoms with E-state index >= 15 is 0 Å². The van der Waals surface area contributed by atoms with Crippen molar-refractivity contribution in [3.63, 3.8) is 0 Å². The number of hydrogen-bond acceptors (Lipinski definition) is 1. The summed E-state index contributed by atoms with van der Waals surface area (Å²) in [5.41, 5.74) is 7.89. The third-order valence-electron chi connectivity index (χ3n) is 1.47. The molecule has 0 aromatic rings. The zero-order valence-electron chi connectivity index (χ0n) is 5.32. The van der Waals surface area contributed by atoms with Crippen LogP contribution < -0.4 is 0 Å². The Bertz CT molecular complexity index is 122. The van der Waals surface area contributed by atoms with Gasteiger partial charge in [0.1, 0.15) is 0 Å². The molecular weight excluding hydrogens is 114 g/mol. The first kappa shape index (κ1) is 6.43. The van der Waals surface area contributed by atoms with Crippen LogP contribution in [0.15, 0.2) is 5.11 Å². The van der Waals surface area contributed by atoms with E-state index < -0.39 is 0 Å². The van der Waals surface area contributed by atoms with E-state index in [1.165, 1.54) is 12.8 Å². The van der Waals surface area contributed by atoms with Crippen molar-refractivity contribution in [2.24, 2.45) is 11.0 Å². The van der Waals surface area contributed by atoms with Gasteiger partial charge < -0.3 is 0 Å². The Morgan fingerprint density at radius 3 is 3.00 bits per heavy atom. The molecule has 0 unspecified atom stereocenters. The average Bonchev–Trinajstić information content (AvgIpc) is 2.63. The van der Waals surface area contributed by atoms with E-state index in [0.29, 0.717) is 6.54 Å². The van der Waals surface area contributed by atoms with Crippen LogP contribution in [0.5, 0.6) is 0 Å². The number of hydrogen-bond donors (Lipinski definition) is 0. The maximum atomic E-state index is 7.89. The molecule has 1 aliphatic rings. The molecule has 0 spiro atoms. The van der Waals surface area contributed by atoms with Crippen molar-refractivity contribution >= 4 is 0 Å². The lowest BCUT2D eigenvalue weighted by atomic mass is 10.2. The second-order valence-corrected chi connectivity index (χ2v) is 2.38. The van der Waals surface area contributed by atoms with Gasteiger partial charge in [0.05, 0.1) is 0 Å². The smallest absolute Gasteiger partial charge is 0.0289 e. The van der Waals surface area contributed by atoms with Gasteiger partial charge in [-0.1, -0.05) is 18.0 Å². The van der Waals surface area contributed by atoms with Crippen LogP contribution in [0.2, 0.25) is 0 Å². The fourth-order valence-electron chi connectivity index (χ4n) is 0.758. The molecule has 1 rings (SSSR count). The SMILES string of the molecule is [N-]=[N+]=NC[CH]CC1CC1. The van der Waals surface area contributed by atoms with E-state index in [0.717, 1.165) is 12.3 Å². The average molecular weight is 124 g/mol. The van der Waals surface area contributed by atoms with Crippen LogP contribution in [0.1, 0.15) is 19.3 Å². The summed E-state index contributed by atoms with van der Waals surface area (Å²) < 4.78 is 0. The summed E-state index contributed by atoms with van der Waals surface area (Å²) in [4.78, 5) is 2.65. The van der Waals surface area contributed by atoms with Gasteiger partial charge in [-0.15, -0.1) is 0 Å². The summed E-state index contributed by atoms with van der Waals surface area (Å²) in [5, 5.41) is 3.40. The third-order valence-corrected chi connectivity index (χ3v) is 1.47. The lowest BCUT2D eigenvalue weighted by Crippen LogP contribution is -1.81. The maximum Gasteiger partial charge on any atom is 0.0289 e. The molecule has 1 fully saturated rings. The van der Waals surface area contributed by atoms with E-state index in [9.17, 15) is 0 Å². The second kappa shape index (κ2) is 3.36. The summed E-state index contributed by atoms with van der Waals surface area (Å²) >= 11 is 0. The van der Waals surface area contributed by atoms with E-state index in [1.807, 2.05) is 0 Å². The van der Waals surface area contributed by atoms with E-state index in [4.69, 9.17) is 5.53 Å². The van der Waals surface area contributed by atoms with Crippen LogP contribution in [0, 0.1) is 12.3 Å². The molecule has 0 aliphatic heterocycles. The van der Waals surface area contributed by atoms with Crippen molar-refractivity contribution in [1.82, 2.24) is 0 Å². The molecule has 3 nitrogen and oxygen atoms in total. The quantitative estimate of drug-likeness (QED) is 0.239. The van der Waals surface area contributed by atoms with Gasteiger partial charge in [0, 0.05) is 11.5 Å². The fraction of sp³-hybridized carbons (Fsp3) is 0.833. The van der Waals surface area contributed by atoms with Gasteiger partial charge in [-0.2, -0.15) is 0 Å². The van der Waals surface area contributed by atoms with Gasteiger partial charge in [-0.05, 0) is 24.3 Å². The van der Waals surface area contributed by atoms with Crippen LogP contribution in [0.3, 0.4) is 0 Å². The molecular formula is C6H10N3. The molecule has 0 bridgehead atoms. The van der Waals surface area contributed by atoms with Gasteiger partial charge in [0.15, 0.2) is 0 Å². The lowest BCUT2D eigenvalue weighted by molar-refractivity contribution is 0.793. The highest BCUT2D eigenvalue weighted by atomic mass is 15.1. The topological polar surface area (TPSA) is 48.8 Å². The van der Waals surface area contributed by atoms with Crippen LogP contribution >= 0.6 is 0 Å². The largest absolute Gasteiger partial charge is 0.0937 e. The molecule has 1 aliphatic carbocycles. The van der Waals surface area contributed by atoms with Crippen LogP contribution in [-0.4, -0.2) is 6.54 Å². The summed E-state index contributed by atoms with van der Waals surface area (Å²) in [6.45, 7) is 0.562. The highest BCUT2D eigenvalue weighted by Crippen LogP contribution is 2.32. The van der Waals surface area contributed by atoms with Crippen molar-refractivity contribution < 1.29 is 0 Å². The Morgan fingerprint density at radius 2 is 2.44 bits per heavy atom. The van der Waals surface area contributed by atoms with Gasteiger partial charge >= 0.3 is 0 Å². The minimum absolute atomic E-state index is 0.562. The van der Waals surface area contributed by atoms with Crippen molar-refractivity contribution in [2.45, 2.75) is 19.3 Å². The molecule has 0 heterocycles. The van der Waals surface area contributed by atoms with Gasteiger partial charge in [-0.25, -0.2) is 0 Å². The molecule has 0 aromatic carbocycles. The molecule has 1 radical (unpaired) electrons. The second-order valence-electron chi connectivity index (χ2n) is 2.38. The number of azide groups is 1. The molecule has 0 N–H and O–H groups in total. The van der Waals surface area contributed by atoms with Crippen molar-refractivity contribution in [3.05, 3.63) is 16.9 Å². The van der Waals surface area contributed by atoms with E-state index in [2.05, 4.69) is 16.4 Å². The third kappa shape index (κ3) is 2.98. The molecule has 3 heteroatoms. The van der Waals surface area contributed by atoms with Crippen LogP contribution in [-0.2, 0) is 0 Å². The predicted octanol–water partition coefficient (Wildman–Crippen LogP) is 2.30. The predicted molar refractivity (Wildman–Crippen MR) is 35.7 cm³/mol. The Labute approximate surface area is 54.7 Å². The Morgan fingerprint density at radius 1 is 1.67 bits per heavy atom. The minimum Gasteiger partial charge on any atom is -0.0937 e. The number of rotatable bonds is 4. The standard InChI is InChI=1S/C6H10N3/c7-9-8-5-1-2-6-3-4-6/h1,6H,2-5H2. The maximum absolute atomic E-state index is 7.89. The summed E-state index contributed by atoms with van der Waals surface area (Å²) in [6.07, 6.45) is 5.93. The zero-order valence-corrected chi connectivity index (χ0v) is 5.32. The molecule has 49 valence electrons. The van der Waals surface area contributed by atoms with E-state index in [-0.39, 0.29) is 0 Å². The molecule has 0 amide bonds. The van der Waals surface area contributed by atoms with Crippen LogP contribution in [0.4, 0.5) is 0 Å². The highest BCUT2D eigenvalue weighted by Gasteiger charge is 2.19. The molecule has 0 saturated heterocycles. The van der Waals surface area contributed by atoms with Crippen LogP contribution in [0.25, 0.3) is 10.4 Å². The summed E-state index contributed by atoms with van der Waals surface area (Å²) in [6, 6.07) is 0. The van der Waals surface area contributed by atoms with Crippen molar-refractivity contribution in [3.8, 4) is 0 Å². The fourth-order valence-corrected chi connectivity index (χ4v) is 0.758. The van der Waals surface area contributed by atoms with Gasteiger partial charge in [0.25, 0.3) is 0 Å². The van der Waals surface area contributed by atoms with Gasteiger partial charge in [-0.3, -0.25) is 0 Å². The molecule has 1 saturated carbocycles. The van der Waals surface area contributed by atoms with Crippen molar-refractivity contribution in [2.75, 3.05) is 6.54 Å². The monoisotopic (exact) mass is 124 g/mol. The first-order chi connectivity index (χ1) is 4.43. The van der Waals surface area contributed by atoms with Gasteiger partial charge in [0.2, 0.25) is 0 Å². The first-order valence-electron chi connectivity index (χ1n) is 3.26. The molecule has 0 aromatic heterocycles. The zero-order chi connectivity index (χ0) is 6.53. The lowest BCUT2D eigenvalue weighted by Gasteiger charge is -1.88. The molecule has 9 heavy (non-hydrogen) atoms. The summed E-state index contributed by atoms with van der Waals surface area (Å²) in [5.74, 6) is 0.916. The Hall–Kier alpha value is -0.690.